The van der Waals surface area contributed by atoms with Crippen LogP contribution in [0.3, 0.4) is 0 Å². The number of benzene rings is 3. The van der Waals surface area contributed by atoms with Crippen molar-refractivity contribution >= 4 is 17.8 Å². The molecule has 0 bridgehead atoms. The molecule has 30 heavy (non-hydrogen) atoms. The highest BCUT2D eigenvalue weighted by Crippen LogP contribution is 2.29. The van der Waals surface area contributed by atoms with Crippen LogP contribution in [0.15, 0.2) is 78.9 Å². The maximum absolute atomic E-state index is 12.9. The van der Waals surface area contributed by atoms with Crippen molar-refractivity contribution < 1.29 is 31.9 Å². The molecule has 0 radical (unpaired) electrons. The van der Waals surface area contributed by atoms with Gasteiger partial charge in [0.25, 0.3) is 0 Å². The second-order valence-corrected chi connectivity index (χ2v) is 6.24. The van der Waals surface area contributed by atoms with Crippen LogP contribution in [0.2, 0.25) is 0 Å². The number of alkyl halides is 3. The average Bonchev–Trinajstić information content (AvgIpc) is 2.73. The van der Waals surface area contributed by atoms with Gasteiger partial charge in [-0.15, -0.1) is 0 Å². The lowest BCUT2D eigenvalue weighted by molar-refractivity contribution is -0.137. The first-order chi connectivity index (χ1) is 14.2. The quantitative estimate of drug-likeness (QED) is 0.170. The Morgan fingerprint density at radius 1 is 0.767 bits per heavy atom. The largest absolute Gasteiger partial charge is 0.423 e. The Morgan fingerprint density at radius 2 is 1.33 bits per heavy atom. The zero-order valence-electron chi connectivity index (χ0n) is 15.3. The summed E-state index contributed by atoms with van der Waals surface area (Å²) in [6.07, 6.45) is -1.62. The zero-order chi connectivity index (χ0) is 21.7. The van der Waals surface area contributed by atoms with Crippen LogP contribution >= 0.6 is 0 Å². The van der Waals surface area contributed by atoms with Crippen LogP contribution in [-0.4, -0.2) is 11.8 Å². The van der Waals surface area contributed by atoms with Crippen LogP contribution in [-0.2, 0) is 6.18 Å². The van der Waals surface area contributed by atoms with E-state index in [4.69, 9.17) is 4.74 Å². The Bertz CT molecular complexity index is 1070. The Kier molecular flexibility index (Phi) is 6.11. The van der Waals surface area contributed by atoms with Gasteiger partial charge in [-0.1, -0.05) is 18.2 Å². The second kappa shape index (κ2) is 8.73. The molecule has 7 heteroatoms. The van der Waals surface area contributed by atoms with E-state index in [0.717, 1.165) is 24.3 Å². The average molecular weight is 414 g/mol. The summed E-state index contributed by atoms with van der Waals surface area (Å²) in [6, 6.07) is 15.0. The summed E-state index contributed by atoms with van der Waals surface area (Å²) in [6.45, 7) is 0. The van der Waals surface area contributed by atoms with Crippen molar-refractivity contribution in [1.82, 2.24) is 0 Å². The maximum Gasteiger partial charge on any atom is 0.416 e. The van der Waals surface area contributed by atoms with E-state index in [1.165, 1.54) is 54.6 Å². The summed E-state index contributed by atoms with van der Waals surface area (Å²) < 4.78 is 55.7. The molecule has 0 spiro atoms. The smallest absolute Gasteiger partial charge is 0.416 e. The van der Waals surface area contributed by atoms with Gasteiger partial charge >= 0.3 is 12.1 Å². The molecule has 0 saturated heterocycles. The number of halogens is 4. The number of esters is 1. The van der Waals surface area contributed by atoms with E-state index in [0.29, 0.717) is 11.1 Å². The van der Waals surface area contributed by atoms with Gasteiger partial charge < -0.3 is 4.74 Å². The molecule has 0 N–H and O–H groups in total. The molecule has 3 aromatic carbocycles. The predicted molar refractivity (Wildman–Crippen MR) is 103 cm³/mol. The zero-order valence-corrected chi connectivity index (χ0v) is 15.3. The lowest BCUT2D eigenvalue weighted by atomic mass is 10.1. The summed E-state index contributed by atoms with van der Waals surface area (Å²) in [4.78, 5) is 24.3. The van der Waals surface area contributed by atoms with Crippen molar-refractivity contribution in [3.8, 4) is 5.75 Å². The minimum atomic E-state index is -4.49. The molecule has 0 heterocycles. The highest BCUT2D eigenvalue weighted by Gasteiger charge is 2.30. The lowest BCUT2D eigenvalue weighted by Gasteiger charge is -2.08. The molecule has 0 saturated carbocycles. The Labute approximate surface area is 169 Å². The lowest BCUT2D eigenvalue weighted by Crippen LogP contribution is -2.10. The van der Waals surface area contributed by atoms with Gasteiger partial charge in [-0.25, -0.2) is 9.18 Å². The third kappa shape index (κ3) is 5.41. The fourth-order valence-corrected chi connectivity index (χ4v) is 2.49. The van der Waals surface area contributed by atoms with Crippen molar-refractivity contribution in [3.05, 3.63) is 107 Å². The number of ether oxygens (including phenoxy) is 1. The van der Waals surface area contributed by atoms with Gasteiger partial charge in [-0.3, -0.25) is 4.79 Å². The highest BCUT2D eigenvalue weighted by molar-refractivity contribution is 6.06. The fraction of sp³-hybridized carbons (Fsp3) is 0.0435. The number of hydrogen-bond donors (Lipinski definition) is 0. The van der Waals surface area contributed by atoms with Gasteiger partial charge in [-0.05, 0) is 72.3 Å². The molecule has 0 amide bonds. The van der Waals surface area contributed by atoms with Crippen molar-refractivity contribution in [2.75, 3.05) is 0 Å². The molecule has 0 unspecified atom stereocenters. The third-order valence-corrected chi connectivity index (χ3v) is 4.09. The molecule has 3 aromatic rings. The standard InChI is InChI=1S/C23H14F4O3/c24-19-10-1-15(2-11-19)3-14-21(28)16-6-12-20(13-7-16)30-22(29)17-4-8-18(9-5-17)23(25,26)27/h1-14H. The molecule has 152 valence electrons. The van der Waals surface area contributed by atoms with Gasteiger partial charge in [0, 0.05) is 5.56 Å². The fourth-order valence-electron chi connectivity index (χ4n) is 2.49. The van der Waals surface area contributed by atoms with Crippen LogP contribution in [0, 0.1) is 5.82 Å². The van der Waals surface area contributed by atoms with Gasteiger partial charge in [0.2, 0.25) is 0 Å². The predicted octanol–water partition coefficient (Wildman–Crippen LogP) is 5.96. The van der Waals surface area contributed by atoms with Crippen molar-refractivity contribution in [2.45, 2.75) is 6.18 Å². The Morgan fingerprint density at radius 3 is 1.90 bits per heavy atom. The molecular formula is C23H14F4O3. The summed E-state index contributed by atoms with van der Waals surface area (Å²) in [5.41, 5.74) is 0.0931. The van der Waals surface area contributed by atoms with Crippen LogP contribution < -0.4 is 4.74 Å². The van der Waals surface area contributed by atoms with E-state index < -0.39 is 17.7 Å². The van der Waals surface area contributed by atoms with Gasteiger partial charge in [0.05, 0.1) is 11.1 Å². The summed E-state index contributed by atoms with van der Waals surface area (Å²) in [5.74, 6) is -1.36. The normalized spacial score (nSPS) is 11.5. The number of carbonyl (C=O) groups excluding carboxylic acids is 2. The van der Waals surface area contributed by atoms with E-state index in [-0.39, 0.29) is 22.9 Å². The van der Waals surface area contributed by atoms with E-state index >= 15 is 0 Å². The number of ketones is 1. The minimum Gasteiger partial charge on any atom is -0.423 e. The molecule has 0 aliphatic rings. The number of allylic oxidation sites excluding steroid dienone is 1. The minimum absolute atomic E-state index is 0.0367. The van der Waals surface area contributed by atoms with E-state index in [1.54, 1.807) is 6.08 Å². The molecule has 0 aliphatic heterocycles. The Hall–Kier alpha value is -3.74. The summed E-state index contributed by atoms with van der Waals surface area (Å²) in [7, 11) is 0. The summed E-state index contributed by atoms with van der Waals surface area (Å²) >= 11 is 0. The van der Waals surface area contributed by atoms with Crippen molar-refractivity contribution in [3.63, 3.8) is 0 Å². The molecular weight excluding hydrogens is 400 g/mol. The highest BCUT2D eigenvalue weighted by atomic mass is 19.4. The Balaban J connectivity index is 1.63. The van der Waals surface area contributed by atoms with Crippen LogP contribution in [0.5, 0.6) is 5.75 Å². The second-order valence-electron chi connectivity index (χ2n) is 6.24. The SMILES string of the molecule is O=C(C=Cc1ccc(F)cc1)c1ccc(OC(=O)c2ccc(C(F)(F)F)cc2)cc1. The van der Waals surface area contributed by atoms with Gasteiger partial charge in [0.15, 0.2) is 5.78 Å². The first kappa shape index (κ1) is 21.0. The number of hydrogen-bond acceptors (Lipinski definition) is 3. The molecule has 0 atom stereocenters. The molecule has 3 rings (SSSR count). The first-order valence-electron chi connectivity index (χ1n) is 8.70. The van der Waals surface area contributed by atoms with Gasteiger partial charge in [-0.2, -0.15) is 13.2 Å². The topological polar surface area (TPSA) is 43.4 Å². The van der Waals surface area contributed by atoms with Crippen LogP contribution in [0.1, 0.15) is 31.8 Å². The van der Waals surface area contributed by atoms with E-state index in [1.807, 2.05) is 0 Å². The van der Waals surface area contributed by atoms with E-state index in [9.17, 15) is 27.2 Å². The van der Waals surface area contributed by atoms with E-state index in [2.05, 4.69) is 0 Å². The van der Waals surface area contributed by atoms with Crippen LogP contribution in [0.4, 0.5) is 17.6 Å². The monoisotopic (exact) mass is 414 g/mol. The molecule has 0 fully saturated rings. The van der Waals surface area contributed by atoms with Crippen molar-refractivity contribution in [2.24, 2.45) is 0 Å². The molecule has 0 aliphatic carbocycles. The third-order valence-electron chi connectivity index (χ3n) is 4.09. The summed E-state index contributed by atoms with van der Waals surface area (Å²) in [5, 5.41) is 0. The number of rotatable bonds is 5. The van der Waals surface area contributed by atoms with Crippen LogP contribution in [0.25, 0.3) is 6.08 Å². The molecule has 0 aromatic heterocycles. The number of carbonyl (C=O) groups is 2. The molecule has 3 nitrogen and oxygen atoms in total. The maximum atomic E-state index is 12.9. The van der Waals surface area contributed by atoms with Gasteiger partial charge in [0.1, 0.15) is 11.6 Å². The van der Waals surface area contributed by atoms with Crippen molar-refractivity contribution in [1.29, 1.82) is 0 Å². The first-order valence-corrected chi connectivity index (χ1v) is 8.70.